The molecule has 0 bridgehead atoms. The second kappa shape index (κ2) is 6.99. The molecule has 0 saturated heterocycles. The first-order chi connectivity index (χ1) is 10.1. The summed E-state index contributed by atoms with van der Waals surface area (Å²) in [5.41, 5.74) is 2.61. The number of hydrogen-bond donors (Lipinski definition) is 2. The molecule has 0 unspecified atom stereocenters. The van der Waals surface area contributed by atoms with Crippen molar-refractivity contribution in [1.29, 1.82) is 0 Å². The smallest absolute Gasteiger partial charge is 0.255 e. The summed E-state index contributed by atoms with van der Waals surface area (Å²) >= 11 is 0. The first kappa shape index (κ1) is 15.2. The second-order valence-electron chi connectivity index (χ2n) is 4.95. The van der Waals surface area contributed by atoms with Gasteiger partial charge in [-0.2, -0.15) is 0 Å². The molecule has 4 heteroatoms. The van der Waals surface area contributed by atoms with Gasteiger partial charge in [-0.3, -0.25) is 4.79 Å². The molecule has 3 nitrogen and oxygen atoms in total. The number of aliphatic hydroxyl groups is 1. The van der Waals surface area contributed by atoms with Gasteiger partial charge in [-0.05, 0) is 61.2 Å². The molecular formula is C17H18FNO2. The van der Waals surface area contributed by atoms with Gasteiger partial charge < -0.3 is 10.4 Å². The van der Waals surface area contributed by atoms with Crippen LogP contribution in [-0.2, 0) is 6.42 Å². The molecule has 2 rings (SSSR count). The number of rotatable bonds is 5. The summed E-state index contributed by atoms with van der Waals surface area (Å²) < 4.78 is 13.2. The molecule has 0 atom stereocenters. The van der Waals surface area contributed by atoms with Crippen molar-refractivity contribution in [3.8, 4) is 0 Å². The molecule has 21 heavy (non-hydrogen) atoms. The normalized spacial score (nSPS) is 10.4. The second-order valence-corrected chi connectivity index (χ2v) is 4.95. The van der Waals surface area contributed by atoms with Crippen LogP contribution < -0.4 is 5.32 Å². The number of aryl methyl sites for hydroxylation is 2. The van der Waals surface area contributed by atoms with Crippen molar-refractivity contribution in [3.63, 3.8) is 0 Å². The molecule has 110 valence electrons. The average Bonchev–Trinajstić information content (AvgIpc) is 2.48. The summed E-state index contributed by atoms with van der Waals surface area (Å²) in [5.74, 6) is -0.588. The lowest BCUT2D eigenvalue weighted by molar-refractivity contribution is 0.102. The lowest BCUT2D eigenvalue weighted by Gasteiger charge is -2.08. The van der Waals surface area contributed by atoms with Crippen molar-refractivity contribution < 1.29 is 14.3 Å². The van der Waals surface area contributed by atoms with Crippen LogP contribution in [-0.4, -0.2) is 17.6 Å². The van der Waals surface area contributed by atoms with Crippen LogP contribution in [0.5, 0.6) is 0 Å². The highest BCUT2D eigenvalue weighted by Crippen LogP contribution is 2.15. The van der Waals surface area contributed by atoms with Crippen LogP contribution in [0.2, 0.25) is 0 Å². The molecule has 0 fully saturated rings. The molecule has 2 aromatic rings. The van der Waals surface area contributed by atoms with E-state index in [9.17, 15) is 9.18 Å². The molecule has 0 heterocycles. The van der Waals surface area contributed by atoms with Gasteiger partial charge in [-0.1, -0.05) is 12.1 Å². The maximum absolute atomic E-state index is 13.2. The summed E-state index contributed by atoms with van der Waals surface area (Å²) in [6, 6.07) is 11.8. The van der Waals surface area contributed by atoms with Gasteiger partial charge in [0.15, 0.2) is 0 Å². The van der Waals surface area contributed by atoms with Crippen LogP contribution in [0.15, 0.2) is 42.5 Å². The SMILES string of the molecule is Cc1cc(C(=O)Nc2cccc(CCCO)c2)ccc1F. The Bertz CT molecular complexity index is 640. The minimum Gasteiger partial charge on any atom is -0.396 e. The lowest BCUT2D eigenvalue weighted by atomic mass is 10.1. The first-order valence-electron chi connectivity index (χ1n) is 6.87. The van der Waals surface area contributed by atoms with Gasteiger partial charge in [0.2, 0.25) is 0 Å². The van der Waals surface area contributed by atoms with E-state index in [1.54, 1.807) is 13.0 Å². The van der Waals surface area contributed by atoms with E-state index in [0.29, 0.717) is 23.2 Å². The molecule has 0 spiro atoms. The number of carbonyl (C=O) groups excluding carboxylic acids is 1. The molecule has 0 saturated carbocycles. The van der Waals surface area contributed by atoms with E-state index in [1.165, 1.54) is 18.2 Å². The summed E-state index contributed by atoms with van der Waals surface area (Å²) in [6.45, 7) is 1.77. The van der Waals surface area contributed by atoms with Crippen molar-refractivity contribution in [1.82, 2.24) is 0 Å². The van der Waals surface area contributed by atoms with Gasteiger partial charge in [-0.25, -0.2) is 4.39 Å². The molecule has 2 aromatic carbocycles. The number of amides is 1. The number of carbonyl (C=O) groups is 1. The Kier molecular flexibility index (Phi) is 5.06. The van der Waals surface area contributed by atoms with E-state index in [-0.39, 0.29) is 18.3 Å². The Morgan fingerprint density at radius 2 is 2.05 bits per heavy atom. The monoisotopic (exact) mass is 287 g/mol. The quantitative estimate of drug-likeness (QED) is 0.886. The zero-order chi connectivity index (χ0) is 15.2. The third-order valence-electron chi connectivity index (χ3n) is 3.23. The Balaban J connectivity index is 2.10. The Hall–Kier alpha value is -2.20. The van der Waals surface area contributed by atoms with E-state index in [4.69, 9.17) is 5.11 Å². The largest absolute Gasteiger partial charge is 0.396 e. The molecule has 2 N–H and O–H groups in total. The fraction of sp³-hybridized carbons (Fsp3) is 0.235. The van der Waals surface area contributed by atoms with Gasteiger partial charge in [0.05, 0.1) is 0 Å². The van der Waals surface area contributed by atoms with Crippen molar-refractivity contribution in [2.45, 2.75) is 19.8 Å². The molecule has 0 aliphatic carbocycles. The summed E-state index contributed by atoms with van der Waals surface area (Å²) in [7, 11) is 0. The molecule has 1 amide bonds. The summed E-state index contributed by atoms with van der Waals surface area (Å²) in [4.78, 5) is 12.1. The third-order valence-corrected chi connectivity index (χ3v) is 3.23. The summed E-state index contributed by atoms with van der Waals surface area (Å²) in [5, 5.41) is 11.6. The van der Waals surface area contributed by atoms with E-state index >= 15 is 0 Å². The fourth-order valence-corrected chi connectivity index (χ4v) is 2.08. The minimum absolute atomic E-state index is 0.144. The van der Waals surface area contributed by atoms with Gasteiger partial charge >= 0.3 is 0 Å². The predicted octanol–water partition coefficient (Wildman–Crippen LogP) is 3.31. The zero-order valence-electron chi connectivity index (χ0n) is 11.9. The number of benzene rings is 2. The summed E-state index contributed by atoms with van der Waals surface area (Å²) in [6.07, 6.45) is 1.45. The lowest BCUT2D eigenvalue weighted by Crippen LogP contribution is -2.12. The standard InChI is InChI=1S/C17H18FNO2/c1-12-10-14(7-8-16(12)18)17(21)19-15-6-2-4-13(11-15)5-3-9-20/h2,4,6-8,10-11,20H,3,5,9H2,1H3,(H,19,21). The average molecular weight is 287 g/mol. The van der Waals surface area contributed by atoms with Crippen LogP contribution in [0.4, 0.5) is 10.1 Å². The van der Waals surface area contributed by atoms with Crippen molar-refractivity contribution in [3.05, 3.63) is 65.0 Å². The highest BCUT2D eigenvalue weighted by atomic mass is 19.1. The predicted molar refractivity (Wildman–Crippen MR) is 80.9 cm³/mol. The van der Waals surface area contributed by atoms with Gasteiger partial charge in [0, 0.05) is 17.9 Å². The van der Waals surface area contributed by atoms with Crippen molar-refractivity contribution in [2.75, 3.05) is 11.9 Å². The number of hydrogen-bond acceptors (Lipinski definition) is 2. The van der Waals surface area contributed by atoms with Crippen molar-refractivity contribution in [2.24, 2.45) is 0 Å². The minimum atomic E-state index is -0.322. The molecule has 0 aliphatic rings. The highest BCUT2D eigenvalue weighted by molar-refractivity contribution is 6.04. The van der Waals surface area contributed by atoms with Gasteiger partial charge in [0.1, 0.15) is 5.82 Å². The Labute approximate surface area is 123 Å². The molecule has 0 aliphatic heterocycles. The number of aliphatic hydroxyl groups excluding tert-OH is 1. The zero-order valence-corrected chi connectivity index (χ0v) is 11.9. The van der Waals surface area contributed by atoms with Crippen molar-refractivity contribution >= 4 is 11.6 Å². The highest BCUT2D eigenvalue weighted by Gasteiger charge is 2.08. The van der Waals surface area contributed by atoms with Gasteiger partial charge in [-0.15, -0.1) is 0 Å². The third kappa shape index (κ3) is 4.13. The Morgan fingerprint density at radius 3 is 2.76 bits per heavy atom. The van der Waals surface area contributed by atoms with Crippen LogP contribution in [0, 0.1) is 12.7 Å². The maximum Gasteiger partial charge on any atom is 0.255 e. The van der Waals surface area contributed by atoms with E-state index in [1.807, 2.05) is 18.2 Å². The molecule has 0 aromatic heterocycles. The fourth-order valence-electron chi connectivity index (χ4n) is 2.08. The number of nitrogens with one attached hydrogen (secondary N) is 1. The van der Waals surface area contributed by atoms with Gasteiger partial charge in [0.25, 0.3) is 5.91 Å². The van der Waals surface area contributed by atoms with Crippen LogP contribution in [0.3, 0.4) is 0 Å². The topological polar surface area (TPSA) is 49.3 Å². The molecular weight excluding hydrogens is 269 g/mol. The first-order valence-corrected chi connectivity index (χ1v) is 6.87. The van der Waals surface area contributed by atoms with Crippen LogP contribution in [0.1, 0.15) is 27.9 Å². The van der Waals surface area contributed by atoms with Crippen LogP contribution in [0.25, 0.3) is 0 Å². The maximum atomic E-state index is 13.2. The Morgan fingerprint density at radius 1 is 1.24 bits per heavy atom. The molecule has 0 radical (unpaired) electrons. The van der Waals surface area contributed by atoms with E-state index in [0.717, 1.165) is 12.0 Å². The van der Waals surface area contributed by atoms with Crippen LogP contribution >= 0.6 is 0 Å². The number of anilines is 1. The number of halogens is 1. The van der Waals surface area contributed by atoms with E-state index < -0.39 is 0 Å². The van der Waals surface area contributed by atoms with E-state index in [2.05, 4.69) is 5.32 Å².